The number of thioether (sulfide) groups is 1. The van der Waals surface area contributed by atoms with E-state index in [4.69, 9.17) is 0 Å². The Balaban J connectivity index is 1.23. The Kier molecular flexibility index (Phi) is 8.98. The molecular formula is C43H39N2O2S3+. The quantitative estimate of drug-likeness (QED) is 0.140. The average molecular weight is 712 g/mol. The fourth-order valence-corrected chi connectivity index (χ4v) is 11.5. The lowest BCUT2D eigenvalue weighted by Gasteiger charge is -2.19. The Morgan fingerprint density at radius 1 is 0.760 bits per heavy atom. The van der Waals surface area contributed by atoms with Crippen molar-refractivity contribution >= 4 is 76.5 Å². The lowest BCUT2D eigenvalue weighted by Crippen LogP contribution is -2.34. The van der Waals surface area contributed by atoms with Crippen LogP contribution in [0.4, 0.5) is 5.69 Å². The number of anilines is 1. The van der Waals surface area contributed by atoms with Crippen LogP contribution < -0.4 is 9.47 Å². The summed E-state index contributed by atoms with van der Waals surface area (Å²) in [4.78, 5) is 4.42. The van der Waals surface area contributed by atoms with Gasteiger partial charge < -0.3 is 4.90 Å². The minimum atomic E-state index is -3.76. The summed E-state index contributed by atoms with van der Waals surface area (Å²) in [6.45, 7) is 6.20. The normalized spacial score (nSPS) is 16.7. The zero-order chi connectivity index (χ0) is 34.2. The van der Waals surface area contributed by atoms with Crippen molar-refractivity contribution in [3.05, 3.63) is 147 Å². The molecule has 2 heterocycles. The predicted octanol–water partition coefficient (Wildman–Crippen LogP) is 11.2. The van der Waals surface area contributed by atoms with Gasteiger partial charge in [-0.15, -0.1) is 0 Å². The second-order valence-corrected chi connectivity index (χ2v) is 16.8. The van der Waals surface area contributed by atoms with Gasteiger partial charge in [0.2, 0.25) is 15.4 Å². The molecule has 4 nitrogen and oxygen atoms in total. The van der Waals surface area contributed by atoms with Crippen LogP contribution >= 0.6 is 23.1 Å². The number of aromatic nitrogens is 1. The van der Waals surface area contributed by atoms with Gasteiger partial charge in [0.1, 0.15) is 11.2 Å². The first-order valence-electron chi connectivity index (χ1n) is 17.4. The van der Waals surface area contributed by atoms with Gasteiger partial charge in [0.25, 0.3) is 5.01 Å². The fraction of sp³-hybridized carbons (Fsp3) is 0.186. The van der Waals surface area contributed by atoms with E-state index in [2.05, 4.69) is 120 Å². The van der Waals surface area contributed by atoms with E-state index in [9.17, 15) is 8.42 Å². The van der Waals surface area contributed by atoms with Gasteiger partial charge in [-0.05, 0) is 76.9 Å². The molecule has 0 amide bonds. The number of sulfone groups is 1. The van der Waals surface area contributed by atoms with E-state index in [-0.39, 0.29) is 0 Å². The maximum Gasteiger partial charge on any atom is 0.262 e. The molecule has 250 valence electrons. The van der Waals surface area contributed by atoms with Crippen molar-refractivity contribution in [2.45, 2.75) is 55.9 Å². The van der Waals surface area contributed by atoms with Crippen LogP contribution in [0.5, 0.6) is 0 Å². The van der Waals surface area contributed by atoms with Crippen molar-refractivity contribution in [1.82, 2.24) is 0 Å². The van der Waals surface area contributed by atoms with Crippen LogP contribution in [0.15, 0.2) is 152 Å². The molecule has 1 aliphatic carbocycles. The van der Waals surface area contributed by atoms with E-state index in [0.29, 0.717) is 22.6 Å². The van der Waals surface area contributed by atoms with Crippen molar-refractivity contribution in [3.63, 3.8) is 0 Å². The summed E-state index contributed by atoms with van der Waals surface area (Å²) in [7, 11) is -3.76. The summed E-state index contributed by atoms with van der Waals surface area (Å²) >= 11 is 3.56. The van der Waals surface area contributed by atoms with Gasteiger partial charge in [-0.3, -0.25) is 0 Å². The zero-order valence-corrected chi connectivity index (χ0v) is 30.8. The number of benzene rings is 5. The van der Waals surface area contributed by atoms with E-state index >= 15 is 0 Å². The van der Waals surface area contributed by atoms with Crippen LogP contribution in [-0.2, 0) is 16.4 Å². The van der Waals surface area contributed by atoms with E-state index in [1.165, 1.54) is 42.3 Å². The molecule has 0 saturated heterocycles. The van der Waals surface area contributed by atoms with E-state index in [1.54, 1.807) is 47.4 Å². The molecule has 0 atom stereocenters. The molecule has 0 radical (unpaired) electrons. The molecule has 0 bridgehead atoms. The van der Waals surface area contributed by atoms with Crippen molar-refractivity contribution in [2.24, 2.45) is 0 Å². The summed E-state index contributed by atoms with van der Waals surface area (Å²) in [5, 5.41) is 7.22. The monoisotopic (exact) mass is 711 g/mol. The van der Waals surface area contributed by atoms with Gasteiger partial charge in [0.05, 0.1) is 20.5 Å². The molecule has 0 saturated carbocycles. The number of allylic oxidation sites excluding steroid dienone is 5. The lowest BCUT2D eigenvalue weighted by atomic mass is 10.1. The highest BCUT2D eigenvalue weighted by Gasteiger charge is 2.32. The summed E-state index contributed by atoms with van der Waals surface area (Å²) in [5.74, 6) is 0. The number of rotatable bonds is 9. The molecule has 6 aromatic rings. The molecule has 50 heavy (non-hydrogen) atoms. The van der Waals surface area contributed by atoms with E-state index < -0.39 is 9.84 Å². The Bertz CT molecular complexity index is 2510. The second-order valence-electron chi connectivity index (χ2n) is 12.8. The maximum atomic E-state index is 14.4. The maximum absolute atomic E-state index is 14.4. The van der Waals surface area contributed by atoms with Crippen LogP contribution in [0.2, 0.25) is 0 Å². The third-order valence-electron chi connectivity index (χ3n) is 9.56. The first-order valence-corrected chi connectivity index (χ1v) is 20.5. The van der Waals surface area contributed by atoms with Gasteiger partial charge in [-0.1, -0.05) is 122 Å². The minimum absolute atomic E-state index is 0.331. The number of fused-ring (bicyclic) bond motifs is 6. The highest BCUT2D eigenvalue weighted by molar-refractivity contribution is 8.04. The molecule has 0 N–H and O–H groups in total. The Morgan fingerprint density at radius 3 is 2.26 bits per heavy atom. The first-order chi connectivity index (χ1) is 24.5. The second kappa shape index (κ2) is 13.7. The fourth-order valence-electron chi connectivity index (χ4n) is 7.24. The van der Waals surface area contributed by atoms with Crippen LogP contribution in [0.25, 0.3) is 37.8 Å². The van der Waals surface area contributed by atoms with Gasteiger partial charge in [-0.2, -0.15) is 4.57 Å². The number of nitrogens with zero attached hydrogens (tertiary/aromatic N) is 2. The first kappa shape index (κ1) is 32.8. The molecule has 1 aliphatic heterocycles. The zero-order valence-electron chi connectivity index (χ0n) is 28.3. The van der Waals surface area contributed by atoms with E-state index in [0.717, 1.165) is 47.1 Å². The molecule has 0 unspecified atom stereocenters. The van der Waals surface area contributed by atoms with Gasteiger partial charge >= 0.3 is 0 Å². The van der Waals surface area contributed by atoms with Crippen LogP contribution in [0, 0.1) is 0 Å². The van der Waals surface area contributed by atoms with Crippen molar-refractivity contribution in [2.75, 3.05) is 11.4 Å². The lowest BCUT2D eigenvalue weighted by molar-refractivity contribution is -0.668. The summed E-state index contributed by atoms with van der Waals surface area (Å²) in [6, 6.07) is 34.8. The summed E-state index contributed by atoms with van der Waals surface area (Å²) in [6.07, 6.45) is 11.8. The van der Waals surface area contributed by atoms with Crippen molar-refractivity contribution < 1.29 is 13.0 Å². The number of hydrogen-bond donors (Lipinski definition) is 0. The molecule has 0 spiro atoms. The summed E-state index contributed by atoms with van der Waals surface area (Å²) < 4.78 is 32.5. The molecule has 2 aliphatic rings. The smallest absolute Gasteiger partial charge is 0.262 e. The van der Waals surface area contributed by atoms with Crippen LogP contribution in [-0.4, -0.2) is 15.0 Å². The molecule has 8 rings (SSSR count). The van der Waals surface area contributed by atoms with Crippen LogP contribution in [0.3, 0.4) is 0 Å². The largest absolute Gasteiger partial charge is 0.335 e. The Labute approximate surface area is 302 Å². The Hall–Kier alpha value is -4.43. The highest BCUT2D eigenvalue weighted by Crippen LogP contribution is 2.50. The predicted molar refractivity (Wildman–Crippen MR) is 212 cm³/mol. The average Bonchev–Trinajstić information content (AvgIpc) is 3.84. The number of aryl methyl sites for hydroxylation is 1. The highest BCUT2D eigenvalue weighted by atomic mass is 32.2. The molecule has 7 heteroatoms. The SMILES string of the molecule is CCCN1/C(=C/C=C2\CCC(/C=C/c3sc4c5ccccc5ccc4[n+]3CCC)=C2S(=O)(=O)c2ccccc2)Sc2c1ccc1ccccc21. The number of hydrogen-bond acceptors (Lipinski definition) is 5. The van der Waals surface area contributed by atoms with Crippen LogP contribution in [0.1, 0.15) is 44.5 Å². The Morgan fingerprint density at radius 2 is 1.48 bits per heavy atom. The van der Waals surface area contributed by atoms with Gasteiger partial charge in [-0.25, -0.2) is 8.42 Å². The number of thiazole rings is 1. The van der Waals surface area contributed by atoms with Crippen molar-refractivity contribution in [3.8, 4) is 0 Å². The van der Waals surface area contributed by atoms with E-state index in [1.807, 2.05) is 6.07 Å². The topological polar surface area (TPSA) is 41.3 Å². The van der Waals surface area contributed by atoms with Crippen molar-refractivity contribution in [1.29, 1.82) is 0 Å². The van der Waals surface area contributed by atoms with Gasteiger partial charge in [0, 0.05) is 35.4 Å². The third kappa shape index (κ3) is 5.81. The molecule has 5 aromatic carbocycles. The third-order valence-corrected chi connectivity index (χ3v) is 13.9. The standard InChI is InChI=1S/C43H39N2O2S3/c1-3-28-44-37-24-20-30-12-8-10-16-35(30)41(37)48-39(44)26-22-32-18-19-33(43(32)50(46,47)34-14-6-5-7-15-34)23-27-40-45(29-4-2)38-25-21-31-13-9-11-17-36(31)42(38)49-40/h5-17,20-27H,3-4,18-19,28-29H2,1-2H3/q+1. The molecular weight excluding hydrogens is 673 g/mol. The minimum Gasteiger partial charge on any atom is -0.335 e. The molecule has 0 fully saturated rings. The van der Waals surface area contributed by atoms with Gasteiger partial charge in [0.15, 0.2) is 0 Å². The molecule has 1 aromatic heterocycles. The summed E-state index contributed by atoms with van der Waals surface area (Å²) in [5.41, 5.74) is 4.17.